The number of halogens is 1. The average Bonchev–Trinajstić information content (AvgIpc) is 2.33. The predicted molar refractivity (Wildman–Crippen MR) is 92.0 cm³/mol. The predicted octanol–water partition coefficient (Wildman–Crippen LogP) is 0.478. The fourth-order valence-corrected chi connectivity index (χ4v) is 3.89. The van der Waals surface area contributed by atoms with E-state index < -0.39 is 21.4 Å². The first-order valence-corrected chi connectivity index (χ1v) is 14.3. The summed E-state index contributed by atoms with van der Waals surface area (Å²) in [5.41, 5.74) is 4.55. The second kappa shape index (κ2) is 9.54. The van der Waals surface area contributed by atoms with Crippen LogP contribution in [-0.4, -0.2) is 21.4 Å². The molecule has 0 fully saturated rings. The summed E-state index contributed by atoms with van der Waals surface area (Å²) in [6.07, 6.45) is 1.46. The van der Waals surface area contributed by atoms with E-state index in [-0.39, 0.29) is 36.5 Å². The molecule has 0 radical (unpaired) electrons. The first kappa shape index (κ1) is 24.5. The third-order valence-corrected chi connectivity index (χ3v) is 7.13. The Morgan fingerprint density at radius 2 is 1.50 bits per heavy atom. The Morgan fingerprint density at radius 1 is 1.00 bits per heavy atom. The summed E-state index contributed by atoms with van der Waals surface area (Å²) in [4.78, 5) is 0. The molecule has 1 atom stereocenters. The molecule has 5 heteroatoms. The number of hydrogen-bond donors (Lipinski definition) is 0. The Bertz CT molecular complexity index is 497. The van der Waals surface area contributed by atoms with Crippen LogP contribution in [0.15, 0.2) is 30.3 Å². The zero-order valence-corrected chi connectivity index (χ0v) is 21.3. The average molecular weight is 449 g/mol. The van der Waals surface area contributed by atoms with Crippen molar-refractivity contribution in [2.75, 3.05) is 0 Å². The third kappa shape index (κ3) is 8.22. The molecular weight excluding hydrogens is 422 g/mol. The maximum absolute atomic E-state index is 13.3. The molecule has 1 aromatic carbocycles. The molecule has 118 valence electrons. The first-order valence-electron chi connectivity index (χ1n) is 7.32. The molecule has 0 saturated heterocycles. The van der Waals surface area contributed by atoms with Gasteiger partial charge in [0.05, 0.1) is 0 Å². The van der Waals surface area contributed by atoms with Crippen molar-refractivity contribution >= 4 is 16.1 Å². The van der Waals surface area contributed by atoms with Gasteiger partial charge in [0, 0.05) is 8.07 Å². The molecule has 0 heterocycles. The summed E-state index contributed by atoms with van der Waals surface area (Å²) < 4.78 is 0. The quantitative estimate of drug-likeness (QED) is 0.485. The summed E-state index contributed by atoms with van der Waals surface area (Å²) in [5, 5.41) is 12.2. The van der Waals surface area contributed by atoms with Gasteiger partial charge in [-0.3, -0.25) is 0 Å². The summed E-state index contributed by atoms with van der Waals surface area (Å²) in [7, 11) is -3.36. The fourth-order valence-electron chi connectivity index (χ4n) is 1.88. The molecule has 0 spiro atoms. The molecule has 0 aliphatic carbocycles. The van der Waals surface area contributed by atoms with Crippen molar-refractivity contribution in [2.45, 2.75) is 57.3 Å². The summed E-state index contributed by atoms with van der Waals surface area (Å²) in [6.45, 7) is 13.0. The number of benzene rings is 1. The van der Waals surface area contributed by atoms with Gasteiger partial charge in [-0.1, -0.05) is 81.3 Å². The van der Waals surface area contributed by atoms with Gasteiger partial charge in [-0.2, -0.15) is 0 Å². The molecule has 1 rings (SSSR count). The van der Waals surface area contributed by atoms with E-state index in [0.717, 1.165) is 6.42 Å². The van der Waals surface area contributed by atoms with Crippen LogP contribution >= 0.6 is 0 Å². The third-order valence-electron chi connectivity index (χ3n) is 3.46. The SMILES string of the molecule is C[Si](C)(C)C#CC([O-])(CCc1ccccc1)[Si](C)(C)C.[Br-].[Zn+2]. The second-order valence-corrected chi connectivity index (χ2v) is 17.6. The number of aryl methyl sites for hydroxylation is 1. The van der Waals surface area contributed by atoms with E-state index >= 15 is 0 Å². The molecule has 0 amide bonds. The van der Waals surface area contributed by atoms with Crippen LogP contribution in [0, 0.1) is 11.5 Å². The zero-order chi connectivity index (χ0) is 15.4. The van der Waals surface area contributed by atoms with Crippen LogP contribution in [0.3, 0.4) is 0 Å². The molecule has 1 aromatic rings. The largest absolute Gasteiger partial charge is 2.00 e. The van der Waals surface area contributed by atoms with Gasteiger partial charge >= 0.3 is 19.5 Å². The molecule has 0 aromatic heterocycles. The van der Waals surface area contributed by atoms with E-state index in [4.69, 9.17) is 0 Å². The number of rotatable bonds is 4. The van der Waals surface area contributed by atoms with Crippen molar-refractivity contribution in [3.05, 3.63) is 35.9 Å². The van der Waals surface area contributed by atoms with Gasteiger partial charge in [0.25, 0.3) is 0 Å². The molecule has 0 bridgehead atoms. The minimum atomic E-state index is -1.87. The monoisotopic (exact) mass is 446 g/mol. The van der Waals surface area contributed by atoms with Crippen LogP contribution in [0.2, 0.25) is 39.3 Å². The van der Waals surface area contributed by atoms with E-state index in [1.807, 2.05) is 18.2 Å². The van der Waals surface area contributed by atoms with Crippen LogP contribution in [0.4, 0.5) is 0 Å². The van der Waals surface area contributed by atoms with Gasteiger partial charge in [0.15, 0.2) is 0 Å². The summed E-state index contributed by atoms with van der Waals surface area (Å²) in [5.74, 6) is 3.16. The zero-order valence-electron chi connectivity index (χ0n) is 14.8. The second-order valence-electron chi connectivity index (χ2n) is 7.56. The van der Waals surface area contributed by atoms with Gasteiger partial charge in [0.2, 0.25) is 0 Å². The van der Waals surface area contributed by atoms with Crippen LogP contribution in [0.1, 0.15) is 12.0 Å². The van der Waals surface area contributed by atoms with Crippen molar-refractivity contribution in [3.63, 3.8) is 0 Å². The van der Waals surface area contributed by atoms with E-state index in [2.05, 4.69) is 62.9 Å². The van der Waals surface area contributed by atoms with Gasteiger partial charge in [-0.15, -0.1) is 11.5 Å². The van der Waals surface area contributed by atoms with Gasteiger partial charge < -0.3 is 22.1 Å². The molecule has 0 aliphatic heterocycles. The Morgan fingerprint density at radius 3 is 1.91 bits per heavy atom. The Hall–Kier alpha value is 0.277. The summed E-state index contributed by atoms with van der Waals surface area (Å²) >= 11 is 0. The maximum Gasteiger partial charge on any atom is 2.00 e. The minimum Gasteiger partial charge on any atom is -1.00 e. The maximum atomic E-state index is 13.3. The van der Waals surface area contributed by atoms with Crippen LogP contribution in [-0.2, 0) is 25.9 Å². The molecule has 1 unspecified atom stereocenters. The van der Waals surface area contributed by atoms with E-state index in [9.17, 15) is 5.11 Å². The van der Waals surface area contributed by atoms with Crippen molar-refractivity contribution in [1.82, 2.24) is 0 Å². The molecule has 0 saturated carbocycles. The first-order chi connectivity index (χ1) is 9.04. The van der Waals surface area contributed by atoms with E-state index in [0.29, 0.717) is 6.42 Å². The van der Waals surface area contributed by atoms with E-state index in [1.54, 1.807) is 0 Å². The molecule has 1 nitrogen and oxygen atoms in total. The summed E-state index contributed by atoms with van der Waals surface area (Å²) in [6, 6.07) is 10.3. The molecular formula is C17H27BrOSi2Zn. The molecule has 0 N–H and O–H groups in total. The van der Waals surface area contributed by atoms with Crippen molar-refractivity contribution in [3.8, 4) is 11.5 Å². The van der Waals surface area contributed by atoms with Crippen molar-refractivity contribution in [1.29, 1.82) is 0 Å². The Kier molecular flexibility index (Phi) is 10.6. The van der Waals surface area contributed by atoms with Crippen molar-refractivity contribution in [2.24, 2.45) is 0 Å². The Labute approximate surface area is 161 Å². The number of hydrogen-bond acceptors (Lipinski definition) is 1. The van der Waals surface area contributed by atoms with Gasteiger partial charge in [-0.25, -0.2) is 0 Å². The van der Waals surface area contributed by atoms with E-state index in [1.165, 1.54) is 5.56 Å². The Balaban J connectivity index is 0. The molecule has 22 heavy (non-hydrogen) atoms. The minimum absolute atomic E-state index is 0. The van der Waals surface area contributed by atoms with Crippen LogP contribution < -0.4 is 22.1 Å². The van der Waals surface area contributed by atoms with Crippen LogP contribution in [0.25, 0.3) is 0 Å². The van der Waals surface area contributed by atoms with Gasteiger partial charge in [0.1, 0.15) is 8.07 Å². The molecule has 0 aliphatic rings. The van der Waals surface area contributed by atoms with Crippen molar-refractivity contribution < 1.29 is 41.6 Å². The topological polar surface area (TPSA) is 23.1 Å². The standard InChI is InChI=1S/C17H27OSi2.BrH.Zn/c1-19(2,3)15-14-17(18,20(4,5)6)13-12-16-10-8-7-9-11-16;;/h7-11H,12-13H2,1-6H3;1H;/q-1;;+2/p-1. The fraction of sp³-hybridized carbons (Fsp3) is 0.529. The smallest absolute Gasteiger partial charge is 1.00 e. The van der Waals surface area contributed by atoms with Crippen LogP contribution in [0.5, 0.6) is 0 Å². The van der Waals surface area contributed by atoms with Gasteiger partial charge in [-0.05, 0) is 12.0 Å². The normalized spacial score (nSPS) is 13.8.